The number of nitrogens with one attached hydrogen (secondary N) is 2. The van der Waals surface area contributed by atoms with E-state index in [1.54, 1.807) is 0 Å². The predicted octanol–water partition coefficient (Wildman–Crippen LogP) is 0.230. The molecule has 9 heteroatoms. The van der Waals surface area contributed by atoms with Crippen molar-refractivity contribution in [2.75, 3.05) is 13.1 Å². The van der Waals surface area contributed by atoms with Crippen LogP contribution in [0.15, 0.2) is 23.1 Å². The molecule has 108 valence electrons. The number of hydrogen-bond donors (Lipinski definition) is 2. The van der Waals surface area contributed by atoms with Crippen molar-refractivity contribution in [2.24, 2.45) is 11.8 Å². The maximum absolute atomic E-state index is 13.5. The average molecular weight is 301 g/mol. The molecule has 1 saturated heterocycles. The Hall–Kier alpha value is -1.58. The first-order chi connectivity index (χ1) is 9.42. The number of nitro benzene ring substituents is 1. The second-order valence-corrected chi connectivity index (χ2v) is 6.66. The highest BCUT2D eigenvalue weighted by Crippen LogP contribution is 2.42. The van der Waals surface area contributed by atoms with Crippen LogP contribution in [-0.4, -0.2) is 32.5 Å². The molecule has 1 saturated carbocycles. The minimum absolute atomic E-state index is 0.218. The van der Waals surface area contributed by atoms with E-state index >= 15 is 0 Å². The van der Waals surface area contributed by atoms with E-state index in [2.05, 4.69) is 10.0 Å². The van der Waals surface area contributed by atoms with Gasteiger partial charge >= 0.3 is 5.69 Å². The fourth-order valence-corrected chi connectivity index (χ4v) is 4.24. The molecule has 1 aromatic carbocycles. The minimum Gasteiger partial charge on any atom is -0.316 e. The zero-order chi connectivity index (χ0) is 14.5. The molecule has 2 fully saturated rings. The van der Waals surface area contributed by atoms with Crippen molar-refractivity contribution < 1.29 is 17.7 Å². The summed E-state index contributed by atoms with van der Waals surface area (Å²) in [6.45, 7) is 1.45. The van der Waals surface area contributed by atoms with Crippen LogP contribution in [0.5, 0.6) is 0 Å². The number of rotatable bonds is 4. The van der Waals surface area contributed by atoms with E-state index in [1.165, 1.54) is 0 Å². The Kier molecular flexibility index (Phi) is 3.00. The van der Waals surface area contributed by atoms with Crippen LogP contribution < -0.4 is 10.0 Å². The molecule has 2 N–H and O–H groups in total. The van der Waals surface area contributed by atoms with Crippen molar-refractivity contribution in [3.63, 3.8) is 0 Å². The zero-order valence-electron chi connectivity index (χ0n) is 10.2. The molecule has 0 radical (unpaired) electrons. The van der Waals surface area contributed by atoms with Gasteiger partial charge in [-0.3, -0.25) is 10.1 Å². The molecule has 0 amide bonds. The maximum atomic E-state index is 13.5. The number of halogens is 1. The van der Waals surface area contributed by atoms with Crippen LogP contribution in [0.25, 0.3) is 0 Å². The Bertz CT molecular complexity index is 668. The Morgan fingerprint density at radius 2 is 2.00 bits per heavy atom. The lowest BCUT2D eigenvalue weighted by atomic mass is 10.3. The quantitative estimate of drug-likeness (QED) is 0.612. The summed E-state index contributed by atoms with van der Waals surface area (Å²) in [5.74, 6) is -0.717. The molecule has 3 rings (SSSR count). The van der Waals surface area contributed by atoms with E-state index in [0.717, 1.165) is 31.3 Å². The molecule has 7 nitrogen and oxygen atoms in total. The van der Waals surface area contributed by atoms with E-state index in [-0.39, 0.29) is 17.9 Å². The molecule has 20 heavy (non-hydrogen) atoms. The van der Waals surface area contributed by atoms with E-state index in [4.69, 9.17) is 0 Å². The molecule has 0 spiro atoms. The molecule has 1 heterocycles. The first-order valence-corrected chi connectivity index (χ1v) is 7.56. The predicted molar refractivity (Wildman–Crippen MR) is 67.0 cm³/mol. The summed E-state index contributed by atoms with van der Waals surface area (Å²) in [4.78, 5) is 9.21. The molecule has 1 aromatic rings. The van der Waals surface area contributed by atoms with Crippen LogP contribution >= 0.6 is 0 Å². The average Bonchev–Trinajstić information content (AvgIpc) is 2.82. The highest BCUT2D eigenvalue weighted by Gasteiger charge is 2.54. The van der Waals surface area contributed by atoms with Crippen LogP contribution in [0.3, 0.4) is 0 Å². The van der Waals surface area contributed by atoms with Gasteiger partial charge in [-0.2, -0.15) is 4.39 Å². The highest BCUT2D eigenvalue weighted by molar-refractivity contribution is 7.89. The molecule has 0 aromatic heterocycles. The summed E-state index contributed by atoms with van der Waals surface area (Å²) in [7, 11) is -4.10. The fraction of sp³-hybridized carbons (Fsp3) is 0.455. The molecule has 2 aliphatic rings. The summed E-state index contributed by atoms with van der Waals surface area (Å²) >= 11 is 0. The summed E-state index contributed by atoms with van der Waals surface area (Å²) in [5.41, 5.74) is -1.01. The number of nitrogens with zero attached hydrogens (tertiary/aromatic N) is 1. The number of nitro groups is 1. The molecule has 0 bridgehead atoms. The SMILES string of the molecule is O=[N+]([O-])c1c(F)cccc1S(=O)(=O)NC1C2CNCC21. The van der Waals surface area contributed by atoms with Gasteiger partial charge in [-0.1, -0.05) is 6.07 Å². The van der Waals surface area contributed by atoms with E-state index < -0.39 is 31.3 Å². The van der Waals surface area contributed by atoms with Crippen molar-refractivity contribution in [3.8, 4) is 0 Å². The van der Waals surface area contributed by atoms with Gasteiger partial charge in [0.25, 0.3) is 0 Å². The van der Waals surface area contributed by atoms with Gasteiger partial charge in [0, 0.05) is 6.04 Å². The molecular weight excluding hydrogens is 289 g/mol. The molecular formula is C11H12FN3O4S. The van der Waals surface area contributed by atoms with E-state index in [1.807, 2.05) is 0 Å². The summed E-state index contributed by atoms with van der Waals surface area (Å²) in [5, 5.41) is 14.0. The van der Waals surface area contributed by atoms with Crippen molar-refractivity contribution in [3.05, 3.63) is 34.1 Å². The van der Waals surface area contributed by atoms with Crippen LogP contribution in [0.2, 0.25) is 0 Å². The van der Waals surface area contributed by atoms with Crippen LogP contribution in [0.4, 0.5) is 10.1 Å². The van der Waals surface area contributed by atoms with E-state index in [0.29, 0.717) is 0 Å². The third-order valence-corrected chi connectivity index (χ3v) is 5.30. The largest absolute Gasteiger partial charge is 0.324 e. The van der Waals surface area contributed by atoms with Crippen LogP contribution in [0, 0.1) is 27.8 Å². The Labute approximate surface area is 114 Å². The molecule has 1 aliphatic carbocycles. The number of piperidine rings is 1. The van der Waals surface area contributed by atoms with Crippen LogP contribution in [-0.2, 0) is 10.0 Å². The van der Waals surface area contributed by atoms with Gasteiger partial charge in [0.15, 0.2) is 4.90 Å². The number of sulfonamides is 1. The Balaban J connectivity index is 1.92. The zero-order valence-corrected chi connectivity index (χ0v) is 11.1. The Morgan fingerprint density at radius 3 is 2.60 bits per heavy atom. The first kappa shape index (κ1) is 13.4. The standard InChI is InChI=1S/C11H12FN3O4S/c12-8-2-1-3-9(11(8)15(16)17)20(18,19)14-10-6-4-13-5-7(6)10/h1-3,6-7,10,13-14H,4-5H2. The maximum Gasteiger partial charge on any atom is 0.324 e. The normalized spacial score (nSPS) is 28.1. The van der Waals surface area contributed by atoms with Gasteiger partial charge in [-0.15, -0.1) is 0 Å². The lowest BCUT2D eigenvalue weighted by molar-refractivity contribution is -0.390. The third-order valence-electron chi connectivity index (χ3n) is 3.80. The number of benzene rings is 1. The molecule has 1 aliphatic heterocycles. The number of hydrogen-bond acceptors (Lipinski definition) is 5. The molecule has 2 atom stereocenters. The van der Waals surface area contributed by atoms with Crippen LogP contribution in [0.1, 0.15) is 0 Å². The minimum atomic E-state index is -4.10. The summed E-state index contributed by atoms with van der Waals surface area (Å²) in [6.07, 6.45) is 0. The second kappa shape index (κ2) is 4.47. The van der Waals surface area contributed by atoms with Crippen molar-refractivity contribution in [1.29, 1.82) is 0 Å². The monoisotopic (exact) mass is 301 g/mol. The van der Waals surface area contributed by atoms with Gasteiger partial charge < -0.3 is 5.32 Å². The number of para-hydroxylation sites is 1. The fourth-order valence-electron chi connectivity index (χ4n) is 2.73. The highest BCUT2D eigenvalue weighted by atomic mass is 32.2. The van der Waals surface area contributed by atoms with Crippen molar-refractivity contribution >= 4 is 15.7 Å². The smallest absolute Gasteiger partial charge is 0.316 e. The second-order valence-electron chi connectivity index (χ2n) is 4.98. The van der Waals surface area contributed by atoms with Gasteiger partial charge in [-0.25, -0.2) is 13.1 Å². The first-order valence-electron chi connectivity index (χ1n) is 6.08. The van der Waals surface area contributed by atoms with Gasteiger partial charge in [0.05, 0.1) is 4.92 Å². The van der Waals surface area contributed by atoms with Crippen molar-refractivity contribution in [1.82, 2.24) is 10.0 Å². The van der Waals surface area contributed by atoms with Gasteiger partial charge in [0.1, 0.15) is 0 Å². The van der Waals surface area contributed by atoms with Crippen molar-refractivity contribution in [2.45, 2.75) is 10.9 Å². The summed E-state index contributed by atoms with van der Waals surface area (Å²) in [6, 6.07) is 2.84. The third kappa shape index (κ3) is 2.07. The number of fused-ring (bicyclic) bond motifs is 1. The van der Waals surface area contributed by atoms with Gasteiger partial charge in [0.2, 0.25) is 15.8 Å². The van der Waals surface area contributed by atoms with E-state index in [9.17, 15) is 22.9 Å². The molecule has 2 unspecified atom stereocenters. The Morgan fingerprint density at radius 1 is 1.35 bits per heavy atom. The topological polar surface area (TPSA) is 101 Å². The summed E-state index contributed by atoms with van der Waals surface area (Å²) < 4.78 is 40.3. The van der Waals surface area contributed by atoms with Gasteiger partial charge in [-0.05, 0) is 37.1 Å². The lowest BCUT2D eigenvalue weighted by Crippen LogP contribution is -2.33. The lowest BCUT2D eigenvalue weighted by Gasteiger charge is -2.09.